The van der Waals surface area contributed by atoms with E-state index in [1.54, 1.807) is 0 Å². The Labute approximate surface area is 107 Å². The van der Waals surface area contributed by atoms with Crippen molar-refractivity contribution in [1.29, 1.82) is 0 Å². The lowest BCUT2D eigenvalue weighted by Gasteiger charge is -2.14. The number of aliphatic hydroxyl groups is 1. The van der Waals surface area contributed by atoms with Crippen LogP contribution in [0.1, 0.15) is 17.5 Å². The summed E-state index contributed by atoms with van der Waals surface area (Å²) >= 11 is 0. The minimum atomic E-state index is -0.800. The van der Waals surface area contributed by atoms with E-state index in [1.165, 1.54) is 0 Å². The summed E-state index contributed by atoms with van der Waals surface area (Å²) in [6, 6.07) is 7.80. The molecule has 18 heavy (non-hydrogen) atoms. The number of aliphatic hydroxyl groups excluding tert-OH is 1. The first-order valence-electron chi connectivity index (χ1n) is 6.11. The number of ether oxygens (including phenoxy) is 1. The van der Waals surface area contributed by atoms with Gasteiger partial charge in [-0.25, -0.2) is 0 Å². The lowest BCUT2D eigenvalue weighted by Crippen LogP contribution is -2.19. The summed E-state index contributed by atoms with van der Waals surface area (Å²) in [7, 11) is 0. The van der Waals surface area contributed by atoms with Crippen molar-refractivity contribution in [3.8, 4) is 0 Å². The van der Waals surface area contributed by atoms with Crippen LogP contribution in [0.3, 0.4) is 0 Å². The molecule has 1 rings (SSSR count). The molecule has 0 saturated heterocycles. The highest BCUT2D eigenvalue weighted by Crippen LogP contribution is 2.16. The molecule has 4 nitrogen and oxygen atoms in total. The highest BCUT2D eigenvalue weighted by molar-refractivity contribution is 5.70. The van der Waals surface area contributed by atoms with Crippen molar-refractivity contribution >= 4 is 5.97 Å². The molecular formula is C14H20O4. The first-order chi connectivity index (χ1) is 8.65. The topological polar surface area (TPSA) is 66.8 Å². The van der Waals surface area contributed by atoms with Crippen molar-refractivity contribution in [3.05, 3.63) is 35.4 Å². The summed E-state index contributed by atoms with van der Waals surface area (Å²) in [5.41, 5.74) is 2.17. The molecule has 0 saturated carbocycles. The molecule has 0 aliphatic rings. The zero-order valence-corrected chi connectivity index (χ0v) is 10.6. The minimum absolute atomic E-state index is 0.0322. The molecule has 1 unspecified atom stereocenters. The number of aliphatic carboxylic acids is 1. The van der Waals surface area contributed by atoms with Crippen LogP contribution in [-0.2, 0) is 16.0 Å². The third kappa shape index (κ3) is 4.85. The second kappa shape index (κ2) is 7.84. The number of benzene rings is 1. The normalized spacial score (nSPS) is 12.3. The number of hydrogen-bond acceptors (Lipinski definition) is 3. The number of aryl methyl sites for hydroxylation is 1. The molecule has 2 N–H and O–H groups in total. The Hall–Kier alpha value is -1.39. The molecule has 1 aromatic carbocycles. The number of rotatable bonds is 8. The van der Waals surface area contributed by atoms with Gasteiger partial charge in [-0.3, -0.25) is 4.79 Å². The lowest BCUT2D eigenvalue weighted by atomic mass is 9.94. The van der Waals surface area contributed by atoms with E-state index >= 15 is 0 Å². The summed E-state index contributed by atoms with van der Waals surface area (Å²) < 4.78 is 5.12. The molecule has 0 bridgehead atoms. The fourth-order valence-corrected chi connectivity index (χ4v) is 1.81. The quantitative estimate of drug-likeness (QED) is 0.690. The first-order valence-corrected chi connectivity index (χ1v) is 6.11. The van der Waals surface area contributed by atoms with Crippen LogP contribution in [0.25, 0.3) is 0 Å². The highest BCUT2D eigenvalue weighted by atomic mass is 16.5. The van der Waals surface area contributed by atoms with E-state index in [0.717, 1.165) is 11.1 Å². The van der Waals surface area contributed by atoms with Crippen molar-refractivity contribution in [3.63, 3.8) is 0 Å². The SMILES string of the molecule is Cc1ccccc1CC(CCOCCO)C(=O)O. The molecule has 1 atom stereocenters. The highest BCUT2D eigenvalue weighted by Gasteiger charge is 2.18. The maximum Gasteiger partial charge on any atom is 0.306 e. The molecule has 4 heteroatoms. The van der Waals surface area contributed by atoms with Crippen LogP contribution in [0.15, 0.2) is 24.3 Å². The summed E-state index contributed by atoms with van der Waals surface area (Å²) in [5, 5.41) is 17.7. The number of hydrogen-bond donors (Lipinski definition) is 2. The molecule has 0 fully saturated rings. The van der Waals surface area contributed by atoms with E-state index in [4.69, 9.17) is 9.84 Å². The van der Waals surface area contributed by atoms with Crippen molar-refractivity contribution in [2.24, 2.45) is 5.92 Å². The fraction of sp³-hybridized carbons (Fsp3) is 0.500. The Kier molecular flexibility index (Phi) is 6.39. The van der Waals surface area contributed by atoms with Gasteiger partial charge < -0.3 is 14.9 Å². The molecule has 0 heterocycles. The number of carbonyl (C=O) groups is 1. The van der Waals surface area contributed by atoms with Gasteiger partial charge in [-0.05, 0) is 30.9 Å². The van der Waals surface area contributed by atoms with E-state index in [1.807, 2.05) is 31.2 Å². The van der Waals surface area contributed by atoms with Gasteiger partial charge in [-0.1, -0.05) is 24.3 Å². The molecule has 0 amide bonds. The third-order valence-corrected chi connectivity index (χ3v) is 2.92. The Balaban J connectivity index is 2.53. The molecule has 0 aliphatic heterocycles. The second-order valence-corrected chi connectivity index (χ2v) is 4.29. The van der Waals surface area contributed by atoms with Crippen molar-refractivity contribution < 1.29 is 19.7 Å². The molecule has 0 aliphatic carbocycles. The van der Waals surface area contributed by atoms with Gasteiger partial charge in [0.25, 0.3) is 0 Å². The second-order valence-electron chi connectivity index (χ2n) is 4.29. The predicted molar refractivity (Wildman–Crippen MR) is 68.5 cm³/mol. The maximum absolute atomic E-state index is 11.2. The Morgan fingerprint density at radius 1 is 1.33 bits per heavy atom. The van der Waals surface area contributed by atoms with E-state index in [0.29, 0.717) is 19.4 Å². The van der Waals surface area contributed by atoms with E-state index < -0.39 is 11.9 Å². The zero-order chi connectivity index (χ0) is 13.4. The maximum atomic E-state index is 11.2. The molecule has 0 radical (unpaired) electrons. The van der Waals surface area contributed by atoms with Gasteiger partial charge in [-0.15, -0.1) is 0 Å². The van der Waals surface area contributed by atoms with Gasteiger partial charge in [0.2, 0.25) is 0 Å². The average Bonchev–Trinajstić information content (AvgIpc) is 2.35. The van der Waals surface area contributed by atoms with Crippen LogP contribution in [0.4, 0.5) is 0 Å². The monoisotopic (exact) mass is 252 g/mol. The van der Waals surface area contributed by atoms with Crippen LogP contribution in [-0.4, -0.2) is 36.0 Å². The summed E-state index contributed by atoms with van der Waals surface area (Å²) in [5.74, 6) is -1.24. The predicted octanol–water partition coefficient (Wildman–Crippen LogP) is 1.64. The van der Waals surface area contributed by atoms with Crippen molar-refractivity contribution in [1.82, 2.24) is 0 Å². The smallest absolute Gasteiger partial charge is 0.306 e. The van der Waals surface area contributed by atoms with Gasteiger partial charge in [-0.2, -0.15) is 0 Å². The largest absolute Gasteiger partial charge is 0.481 e. The first kappa shape index (κ1) is 14.7. The molecule has 0 aromatic heterocycles. The van der Waals surface area contributed by atoms with Crippen LogP contribution in [0.2, 0.25) is 0 Å². The molecule has 1 aromatic rings. The summed E-state index contributed by atoms with van der Waals surface area (Å²) in [4.78, 5) is 11.2. The van der Waals surface area contributed by atoms with Gasteiger partial charge >= 0.3 is 5.97 Å². The van der Waals surface area contributed by atoms with Crippen molar-refractivity contribution in [2.45, 2.75) is 19.8 Å². The third-order valence-electron chi connectivity index (χ3n) is 2.92. The van der Waals surface area contributed by atoms with E-state index in [-0.39, 0.29) is 13.2 Å². The zero-order valence-electron chi connectivity index (χ0n) is 10.6. The van der Waals surface area contributed by atoms with E-state index in [9.17, 15) is 9.90 Å². The van der Waals surface area contributed by atoms with Crippen LogP contribution >= 0.6 is 0 Å². The van der Waals surface area contributed by atoms with Crippen LogP contribution in [0, 0.1) is 12.8 Å². The molecule has 100 valence electrons. The van der Waals surface area contributed by atoms with Crippen molar-refractivity contribution in [2.75, 3.05) is 19.8 Å². The van der Waals surface area contributed by atoms with Crippen LogP contribution in [0.5, 0.6) is 0 Å². The lowest BCUT2D eigenvalue weighted by molar-refractivity contribution is -0.142. The Morgan fingerprint density at radius 2 is 2.06 bits per heavy atom. The summed E-state index contributed by atoms with van der Waals surface area (Å²) in [6.45, 7) is 2.58. The van der Waals surface area contributed by atoms with Gasteiger partial charge in [0, 0.05) is 6.61 Å². The Morgan fingerprint density at radius 3 is 2.67 bits per heavy atom. The number of carboxylic acids is 1. The van der Waals surface area contributed by atoms with Gasteiger partial charge in [0.1, 0.15) is 0 Å². The van der Waals surface area contributed by atoms with Gasteiger partial charge in [0.15, 0.2) is 0 Å². The molecular weight excluding hydrogens is 232 g/mol. The Bertz CT molecular complexity index is 376. The molecule has 0 spiro atoms. The standard InChI is InChI=1S/C14H20O4/c1-11-4-2-3-5-12(11)10-13(14(16)17)6-8-18-9-7-15/h2-5,13,15H,6-10H2,1H3,(H,16,17). The fourth-order valence-electron chi connectivity index (χ4n) is 1.81. The minimum Gasteiger partial charge on any atom is -0.481 e. The van der Waals surface area contributed by atoms with E-state index in [2.05, 4.69) is 0 Å². The van der Waals surface area contributed by atoms with Gasteiger partial charge in [0.05, 0.1) is 19.1 Å². The average molecular weight is 252 g/mol. The summed E-state index contributed by atoms with van der Waals surface area (Å²) in [6.07, 6.45) is 0.980. The van der Waals surface area contributed by atoms with Crippen LogP contribution < -0.4 is 0 Å². The number of carboxylic acid groups (broad SMARTS) is 1.